The van der Waals surface area contributed by atoms with Gasteiger partial charge in [0.25, 0.3) is 0 Å². The van der Waals surface area contributed by atoms with Crippen molar-refractivity contribution < 1.29 is 8.42 Å². The van der Waals surface area contributed by atoms with Crippen LogP contribution < -0.4 is 0 Å². The van der Waals surface area contributed by atoms with E-state index in [1.165, 1.54) is 34.9 Å². The molecule has 3 heterocycles. The summed E-state index contributed by atoms with van der Waals surface area (Å²) in [5.74, 6) is 0.846. The number of hydrogen-bond donors (Lipinski definition) is 0. The fraction of sp³-hybridized carbons (Fsp3) is 0.136. The molecule has 0 aliphatic rings. The van der Waals surface area contributed by atoms with Crippen LogP contribution in [0.1, 0.15) is 5.56 Å². The van der Waals surface area contributed by atoms with Gasteiger partial charge < -0.3 is 4.57 Å². The van der Waals surface area contributed by atoms with Gasteiger partial charge in [-0.3, -0.25) is 0 Å². The van der Waals surface area contributed by atoms with E-state index in [1.54, 1.807) is 29.5 Å². The van der Waals surface area contributed by atoms with Gasteiger partial charge in [0, 0.05) is 12.8 Å². The fourth-order valence-electron chi connectivity index (χ4n) is 3.28. The zero-order valence-corrected chi connectivity index (χ0v) is 20.3. The fourth-order valence-corrected chi connectivity index (χ4v) is 6.78. The lowest BCUT2D eigenvalue weighted by Crippen LogP contribution is -2.04. The van der Waals surface area contributed by atoms with Crippen molar-refractivity contribution in [3.8, 4) is 10.7 Å². The lowest BCUT2D eigenvalue weighted by Gasteiger charge is -2.08. The van der Waals surface area contributed by atoms with E-state index < -0.39 is 9.84 Å². The number of hydrogen-bond acceptors (Lipinski definition) is 8. The molecule has 2 aromatic carbocycles. The summed E-state index contributed by atoms with van der Waals surface area (Å²) in [4.78, 5) is 6.04. The quantitative estimate of drug-likeness (QED) is 0.298. The Kier molecular flexibility index (Phi) is 5.85. The third-order valence-electron chi connectivity index (χ3n) is 4.87. The van der Waals surface area contributed by atoms with Gasteiger partial charge in [-0.15, -0.1) is 32.9 Å². The standard InChI is InChI=1S/C22H18N4O2S4/c1-32(27,28)16-9-10-17-19(14-16)30-22(23-17)31-21-25-24-20(18-8-5-13-29-18)26(21)12-11-15-6-3-2-4-7-15/h2-10,13-14H,11-12H2,1H3. The van der Waals surface area contributed by atoms with Crippen LogP contribution in [0.5, 0.6) is 0 Å². The molecule has 0 fully saturated rings. The summed E-state index contributed by atoms with van der Waals surface area (Å²) in [7, 11) is -3.26. The summed E-state index contributed by atoms with van der Waals surface area (Å²) in [6, 6.07) is 19.4. The van der Waals surface area contributed by atoms with Gasteiger partial charge in [0.05, 0.1) is 20.0 Å². The second kappa shape index (κ2) is 8.78. The van der Waals surface area contributed by atoms with Crippen LogP contribution in [0.2, 0.25) is 0 Å². The average Bonchev–Trinajstić information content (AvgIpc) is 3.51. The summed E-state index contributed by atoms with van der Waals surface area (Å²) in [5, 5.41) is 11.7. The maximum atomic E-state index is 11.9. The maximum Gasteiger partial charge on any atom is 0.198 e. The molecule has 0 amide bonds. The number of rotatable bonds is 7. The minimum Gasteiger partial charge on any atom is -0.301 e. The Bertz CT molecular complexity index is 1470. The van der Waals surface area contributed by atoms with Gasteiger partial charge in [-0.1, -0.05) is 36.4 Å². The first kappa shape index (κ1) is 21.3. The van der Waals surface area contributed by atoms with E-state index in [-0.39, 0.29) is 0 Å². The Morgan fingerprint density at radius 3 is 2.62 bits per heavy atom. The van der Waals surface area contributed by atoms with Crippen molar-refractivity contribution >= 4 is 54.5 Å². The molecule has 10 heteroatoms. The number of aryl methyl sites for hydroxylation is 1. The molecule has 0 bridgehead atoms. The summed E-state index contributed by atoms with van der Waals surface area (Å²) in [6.45, 7) is 0.746. The first-order valence-electron chi connectivity index (χ1n) is 9.77. The van der Waals surface area contributed by atoms with Gasteiger partial charge in [0.1, 0.15) is 0 Å². The highest BCUT2D eigenvalue weighted by molar-refractivity contribution is 8.01. The van der Waals surface area contributed by atoms with Crippen LogP contribution in [0.15, 0.2) is 80.4 Å². The molecule has 3 aromatic heterocycles. The number of thiophene rings is 1. The van der Waals surface area contributed by atoms with E-state index in [0.717, 1.165) is 43.4 Å². The van der Waals surface area contributed by atoms with Gasteiger partial charge in [-0.05, 0) is 53.4 Å². The van der Waals surface area contributed by atoms with Crippen LogP contribution in [-0.4, -0.2) is 34.4 Å². The third kappa shape index (κ3) is 4.49. The molecule has 0 unspecified atom stereocenters. The average molecular weight is 499 g/mol. The smallest absolute Gasteiger partial charge is 0.198 e. The molecule has 162 valence electrons. The van der Waals surface area contributed by atoms with Gasteiger partial charge in [0.15, 0.2) is 25.2 Å². The van der Waals surface area contributed by atoms with Crippen LogP contribution in [0.25, 0.3) is 20.9 Å². The van der Waals surface area contributed by atoms with E-state index in [4.69, 9.17) is 0 Å². The molecule has 0 aliphatic carbocycles. The minimum atomic E-state index is -3.26. The molecule has 5 rings (SSSR count). The van der Waals surface area contributed by atoms with Crippen LogP contribution in [0.3, 0.4) is 0 Å². The van der Waals surface area contributed by atoms with E-state index in [9.17, 15) is 8.42 Å². The molecule has 0 saturated carbocycles. The zero-order chi connectivity index (χ0) is 22.1. The molecule has 0 radical (unpaired) electrons. The van der Waals surface area contributed by atoms with Crippen molar-refractivity contribution in [2.24, 2.45) is 0 Å². The SMILES string of the molecule is CS(=O)(=O)c1ccc2nc(Sc3nnc(-c4cccs4)n3CCc3ccccc3)sc2c1. The summed E-state index contributed by atoms with van der Waals surface area (Å²) in [6.07, 6.45) is 2.08. The lowest BCUT2D eigenvalue weighted by atomic mass is 10.1. The van der Waals surface area contributed by atoms with Gasteiger partial charge >= 0.3 is 0 Å². The molecule has 0 spiro atoms. The number of benzene rings is 2. The highest BCUT2D eigenvalue weighted by Crippen LogP contribution is 2.36. The second-order valence-corrected chi connectivity index (χ2v) is 12.4. The second-order valence-electron chi connectivity index (χ2n) is 7.15. The number of thiazole rings is 1. The Morgan fingerprint density at radius 1 is 1.03 bits per heavy atom. The molecule has 0 saturated heterocycles. The molecule has 5 aromatic rings. The maximum absolute atomic E-state index is 11.9. The summed E-state index contributed by atoms with van der Waals surface area (Å²) < 4.78 is 27.5. The number of nitrogens with zero attached hydrogens (tertiary/aromatic N) is 4. The summed E-state index contributed by atoms with van der Waals surface area (Å²) in [5.41, 5.74) is 2.03. The van der Waals surface area contributed by atoms with E-state index in [0.29, 0.717) is 4.90 Å². The Labute approximate surface area is 197 Å². The van der Waals surface area contributed by atoms with Gasteiger partial charge in [0.2, 0.25) is 0 Å². The monoisotopic (exact) mass is 498 g/mol. The van der Waals surface area contributed by atoms with E-state index in [1.807, 2.05) is 35.7 Å². The van der Waals surface area contributed by atoms with Crippen LogP contribution >= 0.6 is 34.4 Å². The molecule has 0 aliphatic heterocycles. The Balaban J connectivity index is 1.47. The first-order chi connectivity index (χ1) is 15.5. The highest BCUT2D eigenvalue weighted by atomic mass is 32.2. The van der Waals surface area contributed by atoms with Crippen LogP contribution in [0, 0.1) is 0 Å². The van der Waals surface area contributed by atoms with Gasteiger partial charge in [-0.25, -0.2) is 13.4 Å². The topological polar surface area (TPSA) is 77.7 Å². The van der Waals surface area contributed by atoms with E-state index >= 15 is 0 Å². The molecular formula is C22H18N4O2S4. The van der Waals surface area contributed by atoms with Crippen molar-refractivity contribution in [3.63, 3.8) is 0 Å². The lowest BCUT2D eigenvalue weighted by molar-refractivity contribution is 0.602. The zero-order valence-electron chi connectivity index (χ0n) is 17.0. The number of sulfone groups is 1. The normalized spacial score (nSPS) is 11.9. The number of fused-ring (bicyclic) bond motifs is 1. The van der Waals surface area contributed by atoms with Crippen molar-refractivity contribution in [1.82, 2.24) is 19.7 Å². The van der Waals surface area contributed by atoms with Crippen molar-refractivity contribution in [2.75, 3.05) is 6.26 Å². The van der Waals surface area contributed by atoms with Crippen molar-refractivity contribution in [2.45, 2.75) is 27.4 Å². The molecular weight excluding hydrogens is 481 g/mol. The van der Waals surface area contributed by atoms with Crippen LogP contribution in [0.4, 0.5) is 0 Å². The Hall–Kier alpha value is -2.53. The Morgan fingerprint density at radius 2 is 1.88 bits per heavy atom. The number of aromatic nitrogens is 4. The molecule has 6 nitrogen and oxygen atoms in total. The minimum absolute atomic E-state index is 0.302. The van der Waals surface area contributed by atoms with E-state index in [2.05, 4.69) is 31.9 Å². The first-order valence-corrected chi connectivity index (χ1v) is 14.2. The molecule has 32 heavy (non-hydrogen) atoms. The summed E-state index contributed by atoms with van der Waals surface area (Å²) >= 11 is 4.56. The largest absolute Gasteiger partial charge is 0.301 e. The molecule has 0 atom stereocenters. The predicted molar refractivity (Wildman–Crippen MR) is 130 cm³/mol. The van der Waals surface area contributed by atoms with Gasteiger partial charge in [-0.2, -0.15) is 0 Å². The van der Waals surface area contributed by atoms with Crippen molar-refractivity contribution in [1.29, 1.82) is 0 Å². The highest BCUT2D eigenvalue weighted by Gasteiger charge is 2.18. The predicted octanol–water partition coefficient (Wildman–Crippen LogP) is 5.41. The third-order valence-corrected chi connectivity index (χ3v) is 8.91. The van der Waals surface area contributed by atoms with Crippen molar-refractivity contribution in [3.05, 3.63) is 71.6 Å². The van der Waals surface area contributed by atoms with Crippen LogP contribution in [-0.2, 0) is 22.8 Å². The molecule has 0 N–H and O–H groups in total.